The van der Waals surface area contributed by atoms with E-state index >= 15 is 0 Å². The Morgan fingerprint density at radius 2 is 1.86 bits per heavy atom. The first kappa shape index (κ1) is 16.6. The quantitative estimate of drug-likeness (QED) is 0.778. The number of hydrogen-bond acceptors (Lipinski definition) is 2. The molecule has 2 aromatic carbocycles. The van der Waals surface area contributed by atoms with Crippen molar-refractivity contribution in [2.45, 2.75) is 12.5 Å². The molecule has 1 atom stereocenters. The number of halogens is 2. The van der Waals surface area contributed by atoms with Crippen molar-refractivity contribution in [2.75, 3.05) is 11.9 Å². The number of anilines is 1. The van der Waals surface area contributed by atoms with Gasteiger partial charge >= 0.3 is 6.03 Å². The fourth-order valence-corrected chi connectivity index (χ4v) is 2.45. The number of urea groups is 1. The lowest BCUT2D eigenvalue weighted by Crippen LogP contribution is -2.41. The third-order valence-corrected chi connectivity index (χ3v) is 3.61. The fraction of sp³-hybridized carbons (Fsp3) is 0.188. The maximum atomic E-state index is 12.0. The van der Waals surface area contributed by atoms with Gasteiger partial charge in [-0.1, -0.05) is 53.5 Å². The second kappa shape index (κ2) is 8.03. The minimum absolute atomic E-state index is 0.156. The zero-order chi connectivity index (χ0) is 15.9. The number of aliphatic hydroxyl groups is 1. The lowest BCUT2D eigenvalue weighted by atomic mass is 10.1. The topological polar surface area (TPSA) is 61.4 Å². The molecular formula is C16H16Cl2N2O2. The van der Waals surface area contributed by atoms with Gasteiger partial charge < -0.3 is 15.7 Å². The number of nitrogens with one attached hydrogen (secondary N) is 2. The summed E-state index contributed by atoms with van der Waals surface area (Å²) in [5.74, 6) is 0. The zero-order valence-corrected chi connectivity index (χ0v) is 13.2. The molecule has 0 aliphatic rings. The van der Waals surface area contributed by atoms with E-state index in [1.165, 1.54) is 0 Å². The van der Waals surface area contributed by atoms with Gasteiger partial charge in [0, 0.05) is 5.02 Å². The molecule has 0 saturated heterocycles. The van der Waals surface area contributed by atoms with Crippen LogP contribution < -0.4 is 10.6 Å². The Labute approximate surface area is 139 Å². The third kappa shape index (κ3) is 4.91. The van der Waals surface area contributed by atoms with E-state index in [9.17, 15) is 9.90 Å². The summed E-state index contributed by atoms with van der Waals surface area (Å²) in [4.78, 5) is 12.0. The largest absolute Gasteiger partial charge is 0.394 e. The molecule has 0 heterocycles. The van der Waals surface area contributed by atoms with Crippen molar-refractivity contribution in [3.05, 3.63) is 64.1 Å². The van der Waals surface area contributed by atoms with Gasteiger partial charge in [0.2, 0.25) is 0 Å². The summed E-state index contributed by atoms with van der Waals surface area (Å²) >= 11 is 11.8. The van der Waals surface area contributed by atoms with Gasteiger partial charge in [0.25, 0.3) is 0 Å². The average Bonchev–Trinajstić information content (AvgIpc) is 2.50. The Hall–Kier alpha value is -1.75. The third-order valence-electron chi connectivity index (χ3n) is 3.06. The molecular weight excluding hydrogens is 323 g/mol. The highest BCUT2D eigenvalue weighted by Gasteiger charge is 2.13. The molecule has 0 aliphatic carbocycles. The first-order valence-corrected chi connectivity index (χ1v) is 7.51. The first-order valence-electron chi connectivity index (χ1n) is 6.76. The maximum Gasteiger partial charge on any atom is 0.319 e. The summed E-state index contributed by atoms with van der Waals surface area (Å²) in [5, 5.41) is 15.6. The highest BCUT2D eigenvalue weighted by Crippen LogP contribution is 2.25. The molecule has 2 aromatic rings. The predicted molar refractivity (Wildman–Crippen MR) is 89.6 cm³/mol. The van der Waals surface area contributed by atoms with Gasteiger partial charge in [0.1, 0.15) is 0 Å². The number of hydrogen-bond donors (Lipinski definition) is 3. The van der Waals surface area contributed by atoms with E-state index in [0.717, 1.165) is 5.56 Å². The number of benzene rings is 2. The van der Waals surface area contributed by atoms with Crippen LogP contribution in [-0.2, 0) is 6.42 Å². The minimum Gasteiger partial charge on any atom is -0.394 e. The van der Waals surface area contributed by atoms with E-state index in [0.29, 0.717) is 22.2 Å². The van der Waals surface area contributed by atoms with Crippen molar-refractivity contribution in [1.82, 2.24) is 5.32 Å². The van der Waals surface area contributed by atoms with Crippen molar-refractivity contribution in [3.8, 4) is 0 Å². The normalized spacial score (nSPS) is 11.8. The van der Waals surface area contributed by atoms with Crippen LogP contribution in [0.4, 0.5) is 10.5 Å². The highest BCUT2D eigenvalue weighted by molar-refractivity contribution is 6.36. The number of carbonyl (C=O) groups excluding carboxylic acids is 1. The van der Waals surface area contributed by atoms with E-state index in [1.807, 2.05) is 30.3 Å². The lowest BCUT2D eigenvalue weighted by molar-refractivity contribution is 0.224. The lowest BCUT2D eigenvalue weighted by Gasteiger charge is -2.17. The van der Waals surface area contributed by atoms with Gasteiger partial charge in [0.05, 0.1) is 23.4 Å². The molecule has 0 fully saturated rings. The Morgan fingerprint density at radius 3 is 2.50 bits per heavy atom. The summed E-state index contributed by atoms with van der Waals surface area (Å²) in [5.41, 5.74) is 1.49. The molecule has 4 nitrogen and oxygen atoms in total. The minimum atomic E-state index is -0.431. The first-order chi connectivity index (χ1) is 10.6. The van der Waals surface area contributed by atoms with Crippen molar-refractivity contribution >= 4 is 34.9 Å². The molecule has 0 saturated carbocycles. The van der Waals surface area contributed by atoms with E-state index in [-0.39, 0.29) is 12.6 Å². The molecule has 0 aliphatic heterocycles. The van der Waals surface area contributed by atoms with Crippen LogP contribution >= 0.6 is 23.2 Å². The molecule has 3 N–H and O–H groups in total. The van der Waals surface area contributed by atoms with Crippen LogP contribution in [0.25, 0.3) is 0 Å². The standard InChI is InChI=1S/C16H16Cl2N2O2/c17-12-6-7-15(14(18)9-12)20-16(22)19-13(10-21)8-11-4-2-1-3-5-11/h1-7,9,13,21H,8,10H2,(H2,19,20,22). The van der Waals surface area contributed by atoms with Crippen molar-refractivity contribution < 1.29 is 9.90 Å². The van der Waals surface area contributed by atoms with Crippen LogP contribution in [0.2, 0.25) is 10.0 Å². The molecule has 2 rings (SSSR count). The van der Waals surface area contributed by atoms with Gasteiger partial charge in [-0.2, -0.15) is 0 Å². The second-order valence-electron chi connectivity index (χ2n) is 4.79. The van der Waals surface area contributed by atoms with Gasteiger partial charge in [-0.3, -0.25) is 0 Å². The van der Waals surface area contributed by atoms with Crippen LogP contribution in [0, 0.1) is 0 Å². The molecule has 0 bridgehead atoms. The van der Waals surface area contributed by atoms with Crippen molar-refractivity contribution in [3.63, 3.8) is 0 Å². The molecule has 22 heavy (non-hydrogen) atoms. The number of carbonyl (C=O) groups is 1. The number of amides is 2. The van der Waals surface area contributed by atoms with E-state index < -0.39 is 6.03 Å². The molecule has 1 unspecified atom stereocenters. The summed E-state index contributed by atoms with van der Waals surface area (Å²) in [7, 11) is 0. The summed E-state index contributed by atoms with van der Waals surface area (Å²) in [6, 6.07) is 13.6. The Kier molecular flexibility index (Phi) is 6.07. The van der Waals surface area contributed by atoms with Crippen LogP contribution in [0.3, 0.4) is 0 Å². The summed E-state index contributed by atoms with van der Waals surface area (Å²) < 4.78 is 0. The van der Waals surface area contributed by atoms with Gasteiger partial charge in [0.15, 0.2) is 0 Å². The van der Waals surface area contributed by atoms with Gasteiger partial charge in [-0.25, -0.2) is 4.79 Å². The van der Waals surface area contributed by atoms with Crippen LogP contribution in [-0.4, -0.2) is 23.8 Å². The van der Waals surface area contributed by atoms with Gasteiger partial charge in [-0.05, 0) is 30.2 Å². The molecule has 0 spiro atoms. The van der Waals surface area contributed by atoms with Crippen molar-refractivity contribution in [1.29, 1.82) is 0 Å². The highest BCUT2D eigenvalue weighted by atomic mass is 35.5. The molecule has 0 aromatic heterocycles. The Morgan fingerprint density at radius 1 is 1.14 bits per heavy atom. The van der Waals surface area contributed by atoms with Gasteiger partial charge in [-0.15, -0.1) is 0 Å². The van der Waals surface area contributed by atoms with E-state index in [4.69, 9.17) is 23.2 Å². The SMILES string of the molecule is O=C(Nc1ccc(Cl)cc1Cl)NC(CO)Cc1ccccc1. The zero-order valence-electron chi connectivity index (χ0n) is 11.7. The van der Waals surface area contributed by atoms with Crippen LogP contribution in [0.1, 0.15) is 5.56 Å². The molecule has 2 amide bonds. The van der Waals surface area contributed by atoms with Crippen molar-refractivity contribution in [2.24, 2.45) is 0 Å². The molecule has 116 valence electrons. The molecule has 0 radical (unpaired) electrons. The monoisotopic (exact) mass is 338 g/mol. The predicted octanol–water partition coefficient (Wildman–Crippen LogP) is 3.72. The fourth-order valence-electron chi connectivity index (χ4n) is 1.99. The van der Waals surface area contributed by atoms with E-state index in [2.05, 4.69) is 10.6 Å². The molecule has 6 heteroatoms. The average molecular weight is 339 g/mol. The Balaban J connectivity index is 1.94. The van der Waals surface area contributed by atoms with Crippen LogP contribution in [0.15, 0.2) is 48.5 Å². The maximum absolute atomic E-state index is 12.0. The summed E-state index contributed by atoms with van der Waals surface area (Å²) in [6.07, 6.45) is 0.541. The number of aliphatic hydroxyl groups excluding tert-OH is 1. The Bertz CT molecular complexity index is 635. The summed E-state index contributed by atoms with van der Waals surface area (Å²) in [6.45, 7) is -0.156. The van der Waals surface area contributed by atoms with Crippen LogP contribution in [0.5, 0.6) is 0 Å². The number of rotatable bonds is 5. The second-order valence-corrected chi connectivity index (χ2v) is 5.64. The van der Waals surface area contributed by atoms with E-state index in [1.54, 1.807) is 18.2 Å². The smallest absolute Gasteiger partial charge is 0.319 e.